The van der Waals surface area contributed by atoms with Crippen molar-refractivity contribution in [1.82, 2.24) is 20.5 Å². The highest BCUT2D eigenvalue weighted by molar-refractivity contribution is 14.0. The van der Waals surface area contributed by atoms with Gasteiger partial charge >= 0.3 is 0 Å². The quantitative estimate of drug-likeness (QED) is 0.270. The second-order valence-corrected chi connectivity index (χ2v) is 7.81. The van der Waals surface area contributed by atoms with Crippen molar-refractivity contribution < 1.29 is 9.53 Å². The molecule has 1 aromatic heterocycles. The Morgan fingerprint density at radius 1 is 1.19 bits per heavy atom. The summed E-state index contributed by atoms with van der Waals surface area (Å²) in [4.78, 5) is 22.9. The molecular weight excluding hydrogens is 517 g/mol. The summed E-state index contributed by atoms with van der Waals surface area (Å²) in [5.74, 6) is 1.90. The molecule has 3 rings (SSSR count). The fraction of sp³-hybridized carbons (Fsp3) is 0.458. The standard InChI is InChI=1S/C24H33N5O2.HI/c1-3-13-31-22-10-9-20(15-26-22)16-27-24(25-2)28-17-21-14-23(30)29(18-21)12-11-19-7-5-4-6-8-19;/h4-10,15,21H,3,11-14,16-18H2,1-2H3,(H2,25,27,28);1H. The minimum Gasteiger partial charge on any atom is -0.478 e. The van der Waals surface area contributed by atoms with Crippen molar-refractivity contribution in [3.8, 4) is 5.88 Å². The molecule has 174 valence electrons. The number of guanidine groups is 1. The number of carbonyl (C=O) groups excluding carboxylic acids is 1. The van der Waals surface area contributed by atoms with Crippen LogP contribution in [0, 0.1) is 5.92 Å². The van der Waals surface area contributed by atoms with E-state index in [-0.39, 0.29) is 29.9 Å². The van der Waals surface area contributed by atoms with Crippen LogP contribution < -0.4 is 15.4 Å². The Hall–Kier alpha value is -2.36. The van der Waals surface area contributed by atoms with E-state index in [0.29, 0.717) is 31.4 Å². The Kier molecular flexibility index (Phi) is 11.3. The van der Waals surface area contributed by atoms with Crippen LogP contribution in [0.15, 0.2) is 53.7 Å². The number of ether oxygens (including phenoxy) is 1. The first-order valence-corrected chi connectivity index (χ1v) is 11.0. The van der Waals surface area contributed by atoms with Crippen molar-refractivity contribution in [1.29, 1.82) is 0 Å². The van der Waals surface area contributed by atoms with E-state index in [1.54, 1.807) is 7.05 Å². The summed E-state index contributed by atoms with van der Waals surface area (Å²) in [6, 6.07) is 14.2. The number of rotatable bonds is 10. The van der Waals surface area contributed by atoms with Crippen LogP contribution in [0.1, 0.15) is 30.9 Å². The molecule has 8 heteroatoms. The number of hydrogen-bond donors (Lipinski definition) is 2. The monoisotopic (exact) mass is 551 g/mol. The normalized spacial score (nSPS) is 15.9. The number of benzene rings is 1. The Balaban J connectivity index is 0.00000363. The number of aromatic nitrogens is 1. The first-order chi connectivity index (χ1) is 15.2. The maximum Gasteiger partial charge on any atom is 0.223 e. The maximum absolute atomic E-state index is 12.4. The Morgan fingerprint density at radius 3 is 2.69 bits per heavy atom. The molecule has 1 unspecified atom stereocenters. The molecule has 0 spiro atoms. The molecule has 1 aliphatic rings. The van der Waals surface area contributed by atoms with Crippen molar-refractivity contribution in [2.75, 3.05) is 33.3 Å². The van der Waals surface area contributed by atoms with Gasteiger partial charge in [0.15, 0.2) is 5.96 Å². The fourth-order valence-electron chi connectivity index (χ4n) is 3.57. The number of pyridine rings is 1. The molecule has 1 saturated heterocycles. The molecule has 1 atom stereocenters. The molecule has 1 fully saturated rings. The van der Waals surface area contributed by atoms with Gasteiger partial charge in [0.05, 0.1) is 6.61 Å². The third-order valence-electron chi connectivity index (χ3n) is 5.30. The van der Waals surface area contributed by atoms with E-state index in [2.05, 4.69) is 39.7 Å². The molecule has 0 saturated carbocycles. The van der Waals surface area contributed by atoms with Gasteiger partial charge in [-0.1, -0.05) is 43.3 Å². The Labute approximate surface area is 208 Å². The number of nitrogens with zero attached hydrogens (tertiary/aromatic N) is 3. The molecule has 0 radical (unpaired) electrons. The first kappa shape index (κ1) is 25.9. The van der Waals surface area contributed by atoms with Gasteiger partial charge < -0.3 is 20.3 Å². The summed E-state index contributed by atoms with van der Waals surface area (Å²) < 4.78 is 5.51. The molecule has 2 aromatic rings. The SMILES string of the molecule is CCCOc1ccc(CNC(=NC)NCC2CC(=O)N(CCc3ccccc3)C2)cn1.I. The summed E-state index contributed by atoms with van der Waals surface area (Å²) in [5.41, 5.74) is 2.32. The van der Waals surface area contributed by atoms with Gasteiger partial charge in [0.1, 0.15) is 0 Å². The largest absolute Gasteiger partial charge is 0.478 e. The van der Waals surface area contributed by atoms with Gasteiger partial charge in [-0.05, 0) is 24.0 Å². The van der Waals surface area contributed by atoms with Crippen molar-refractivity contribution in [2.45, 2.75) is 32.7 Å². The summed E-state index contributed by atoms with van der Waals surface area (Å²) in [6.07, 6.45) is 4.25. The van der Waals surface area contributed by atoms with Crippen molar-refractivity contribution in [3.63, 3.8) is 0 Å². The molecule has 7 nitrogen and oxygen atoms in total. The Morgan fingerprint density at radius 2 is 2.00 bits per heavy atom. The number of aliphatic imine (C=N–C) groups is 1. The van der Waals surface area contributed by atoms with Gasteiger partial charge in [-0.15, -0.1) is 24.0 Å². The zero-order valence-electron chi connectivity index (χ0n) is 18.9. The van der Waals surface area contributed by atoms with E-state index in [1.807, 2.05) is 41.4 Å². The van der Waals surface area contributed by atoms with Crippen LogP contribution in [-0.4, -0.2) is 55.0 Å². The van der Waals surface area contributed by atoms with E-state index >= 15 is 0 Å². The van der Waals surface area contributed by atoms with E-state index in [9.17, 15) is 4.79 Å². The van der Waals surface area contributed by atoms with Gasteiger partial charge in [-0.3, -0.25) is 9.79 Å². The second kappa shape index (κ2) is 13.9. The number of carbonyl (C=O) groups is 1. The van der Waals surface area contributed by atoms with Crippen LogP contribution >= 0.6 is 24.0 Å². The minimum atomic E-state index is 0. The number of halogens is 1. The van der Waals surface area contributed by atoms with Crippen LogP contribution in [-0.2, 0) is 17.8 Å². The molecule has 32 heavy (non-hydrogen) atoms. The zero-order valence-corrected chi connectivity index (χ0v) is 21.2. The second-order valence-electron chi connectivity index (χ2n) is 7.81. The van der Waals surface area contributed by atoms with Crippen molar-refractivity contribution >= 4 is 35.8 Å². The van der Waals surface area contributed by atoms with E-state index in [0.717, 1.165) is 44.0 Å². The number of hydrogen-bond acceptors (Lipinski definition) is 4. The van der Waals surface area contributed by atoms with Gasteiger partial charge in [-0.2, -0.15) is 0 Å². The van der Waals surface area contributed by atoms with Gasteiger partial charge in [0.2, 0.25) is 11.8 Å². The lowest BCUT2D eigenvalue weighted by Gasteiger charge is -2.18. The topological polar surface area (TPSA) is 78.8 Å². The predicted molar refractivity (Wildman–Crippen MR) is 138 cm³/mol. The molecule has 0 bridgehead atoms. The maximum atomic E-state index is 12.4. The fourth-order valence-corrected chi connectivity index (χ4v) is 3.57. The highest BCUT2D eigenvalue weighted by Crippen LogP contribution is 2.17. The number of amides is 1. The highest BCUT2D eigenvalue weighted by atomic mass is 127. The molecular formula is C24H34IN5O2. The van der Waals surface area contributed by atoms with Crippen LogP contribution in [0.25, 0.3) is 0 Å². The summed E-state index contributed by atoms with van der Waals surface area (Å²) >= 11 is 0. The van der Waals surface area contributed by atoms with E-state index in [1.165, 1.54) is 5.56 Å². The highest BCUT2D eigenvalue weighted by Gasteiger charge is 2.29. The summed E-state index contributed by atoms with van der Waals surface area (Å²) in [6.45, 7) is 5.65. The van der Waals surface area contributed by atoms with Crippen LogP contribution in [0.4, 0.5) is 0 Å². The lowest BCUT2D eigenvalue weighted by molar-refractivity contribution is -0.127. The summed E-state index contributed by atoms with van der Waals surface area (Å²) in [7, 11) is 1.75. The smallest absolute Gasteiger partial charge is 0.223 e. The van der Waals surface area contributed by atoms with E-state index < -0.39 is 0 Å². The minimum absolute atomic E-state index is 0. The van der Waals surface area contributed by atoms with E-state index in [4.69, 9.17) is 4.74 Å². The molecule has 0 aliphatic carbocycles. The lowest BCUT2D eigenvalue weighted by atomic mass is 10.1. The van der Waals surface area contributed by atoms with Crippen LogP contribution in [0.5, 0.6) is 5.88 Å². The lowest BCUT2D eigenvalue weighted by Crippen LogP contribution is -2.40. The van der Waals surface area contributed by atoms with Gasteiger partial charge in [-0.25, -0.2) is 4.98 Å². The van der Waals surface area contributed by atoms with Crippen molar-refractivity contribution in [3.05, 3.63) is 59.8 Å². The Bertz CT molecular complexity index is 845. The third kappa shape index (κ3) is 8.29. The van der Waals surface area contributed by atoms with Crippen molar-refractivity contribution in [2.24, 2.45) is 10.9 Å². The summed E-state index contributed by atoms with van der Waals surface area (Å²) in [5, 5.41) is 6.65. The average molecular weight is 551 g/mol. The number of likely N-dealkylation sites (tertiary alicyclic amines) is 1. The van der Waals surface area contributed by atoms with Crippen LogP contribution in [0.3, 0.4) is 0 Å². The van der Waals surface area contributed by atoms with Crippen LogP contribution in [0.2, 0.25) is 0 Å². The van der Waals surface area contributed by atoms with Gasteiger partial charge in [0.25, 0.3) is 0 Å². The average Bonchev–Trinajstić information content (AvgIpc) is 3.17. The molecule has 1 aromatic carbocycles. The molecule has 1 amide bonds. The molecule has 1 aliphatic heterocycles. The molecule has 2 N–H and O–H groups in total. The predicted octanol–water partition coefficient (Wildman–Crippen LogP) is 3.24. The molecule has 2 heterocycles. The number of nitrogens with one attached hydrogen (secondary N) is 2. The third-order valence-corrected chi connectivity index (χ3v) is 5.30. The zero-order chi connectivity index (χ0) is 21.9. The first-order valence-electron chi connectivity index (χ1n) is 11.0. The van der Waals surface area contributed by atoms with Gasteiger partial charge in [0, 0.05) is 57.8 Å².